The standard InChI is InChI=1S/C14H15N3.AsH2O3/c1-17(2)14-10-8-13(9-11-14)16-15-12-6-4-3-5-7-12;2-1(3)4/h3-11H,1-2H3;(H2,2,3,4). The van der Waals surface area contributed by atoms with Crippen LogP contribution in [0.3, 0.4) is 0 Å². The number of rotatable bonds is 3. The Balaban J connectivity index is 0.000000491. The van der Waals surface area contributed by atoms with Crippen LogP contribution in [-0.4, -0.2) is 37.6 Å². The summed E-state index contributed by atoms with van der Waals surface area (Å²) in [6, 6.07) is 17.7. The van der Waals surface area contributed by atoms with Gasteiger partial charge in [0.15, 0.2) is 0 Å². The molecule has 6 nitrogen and oxygen atoms in total. The molecule has 2 rings (SSSR count). The predicted molar refractivity (Wildman–Crippen MR) is 82.3 cm³/mol. The van der Waals surface area contributed by atoms with Gasteiger partial charge in [-0.25, -0.2) is 0 Å². The molecule has 0 atom stereocenters. The van der Waals surface area contributed by atoms with Crippen LogP contribution in [-0.2, 0) is 3.74 Å². The molecule has 0 unspecified atom stereocenters. The van der Waals surface area contributed by atoms with Crippen molar-refractivity contribution in [3.05, 3.63) is 54.6 Å². The van der Waals surface area contributed by atoms with E-state index in [2.05, 4.69) is 15.1 Å². The molecule has 0 fully saturated rings. The van der Waals surface area contributed by atoms with E-state index in [0.717, 1.165) is 17.1 Å². The van der Waals surface area contributed by atoms with Crippen molar-refractivity contribution >= 4 is 32.3 Å². The van der Waals surface area contributed by atoms with Crippen molar-refractivity contribution in [2.24, 2.45) is 10.2 Å². The van der Waals surface area contributed by atoms with E-state index in [-0.39, 0.29) is 0 Å². The maximum absolute atomic E-state index is 8.78. The fourth-order valence-electron chi connectivity index (χ4n) is 1.43. The fourth-order valence-corrected chi connectivity index (χ4v) is 1.43. The first-order valence-electron chi connectivity index (χ1n) is 6.08. The second kappa shape index (κ2) is 9.13. The topological polar surface area (TPSA) is 85.5 Å². The zero-order chi connectivity index (χ0) is 15.7. The van der Waals surface area contributed by atoms with E-state index >= 15 is 0 Å². The molecule has 0 saturated carbocycles. The van der Waals surface area contributed by atoms with Crippen LogP contribution in [0.2, 0.25) is 0 Å². The molecule has 2 aromatic carbocycles. The Morgan fingerprint density at radius 3 is 1.71 bits per heavy atom. The van der Waals surface area contributed by atoms with Crippen LogP contribution in [0.15, 0.2) is 64.8 Å². The van der Waals surface area contributed by atoms with Gasteiger partial charge in [-0.05, 0) is 36.4 Å². The Labute approximate surface area is 128 Å². The first kappa shape index (κ1) is 17.2. The molecule has 0 bridgehead atoms. The summed E-state index contributed by atoms with van der Waals surface area (Å²) in [5.74, 6) is 0. The third-order valence-corrected chi connectivity index (χ3v) is 2.40. The number of anilines is 1. The predicted octanol–water partition coefficient (Wildman–Crippen LogP) is 2.55. The number of nitrogens with zero attached hydrogens (tertiary/aromatic N) is 3. The van der Waals surface area contributed by atoms with Gasteiger partial charge in [-0.3, -0.25) is 0 Å². The Morgan fingerprint density at radius 2 is 1.29 bits per heavy atom. The molecule has 0 aromatic heterocycles. The molecule has 7 heteroatoms. The van der Waals surface area contributed by atoms with Crippen LogP contribution in [0.25, 0.3) is 0 Å². The van der Waals surface area contributed by atoms with Gasteiger partial charge < -0.3 is 4.90 Å². The van der Waals surface area contributed by atoms with E-state index in [1.807, 2.05) is 68.7 Å². The molecule has 0 aliphatic rings. The summed E-state index contributed by atoms with van der Waals surface area (Å²) in [4.78, 5) is 2.05. The molecular formula is C14H17AsN3O3. The molecule has 0 aliphatic heterocycles. The molecule has 2 N–H and O–H groups in total. The maximum atomic E-state index is 8.78. The Bertz CT molecular complexity index is 582. The summed E-state index contributed by atoms with van der Waals surface area (Å²) < 4.78 is 23.2. The van der Waals surface area contributed by atoms with Gasteiger partial charge in [-0.1, -0.05) is 18.2 Å². The third kappa shape index (κ3) is 7.46. The van der Waals surface area contributed by atoms with Gasteiger partial charge in [-0.15, -0.1) is 0 Å². The Kier molecular flexibility index (Phi) is 7.46. The quantitative estimate of drug-likeness (QED) is 0.658. The first-order chi connectivity index (χ1) is 9.99. The summed E-state index contributed by atoms with van der Waals surface area (Å²) in [6.07, 6.45) is 0. The van der Waals surface area contributed by atoms with Gasteiger partial charge in [0.2, 0.25) is 0 Å². The van der Waals surface area contributed by atoms with Gasteiger partial charge >= 0.3 is 27.2 Å². The van der Waals surface area contributed by atoms with Crippen molar-refractivity contribution in [3.63, 3.8) is 0 Å². The van der Waals surface area contributed by atoms with Crippen LogP contribution < -0.4 is 4.90 Å². The molecule has 111 valence electrons. The summed E-state index contributed by atoms with van der Waals surface area (Å²) in [5.41, 5.74) is 2.88. The average Bonchev–Trinajstić information content (AvgIpc) is 2.46. The molecule has 0 heterocycles. The molecule has 21 heavy (non-hydrogen) atoms. The zero-order valence-corrected chi connectivity index (χ0v) is 13.7. The van der Waals surface area contributed by atoms with Crippen LogP contribution in [0.4, 0.5) is 17.1 Å². The van der Waals surface area contributed by atoms with Gasteiger partial charge in [0.25, 0.3) is 0 Å². The molecule has 0 saturated heterocycles. The van der Waals surface area contributed by atoms with Crippen molar-refractivity contribution in [2.75, 3.05) is 19.0 Å². The Morgan fingerprint density at radius 1 is 0.857 bits per heavy atom. The molecule has 0 amide bonds. The normalized spacial score (nSPS) is 9.90. The second-order valence-corrected chi connectivity index (χ2v) is 5.26. The SMILES string of the molecule is CN(C)c1ccc(N=Nc2ccccc2)cc1.O=[As](O)O. The van der Waals surface area contributed by atoms with Crippen LogP contribution >= 0.6 is 0 Å². The van der Waals surface area contributed by atoms with Crippen LogP contribution in [0.1, 0.15) is 0 Å². The van der Waals surface area contributed by atoms with E-state index in [9.17, 15) is 0 Å². The molecular weight excluding hydrogens is 333 g/mol. The number of benzene rings is 2. The number of hydrogen-bond acceptors (Lipinski definition) is 4. The van der Waals surface area contributed by atoms with Crippen molar-refractivity contribution < 1.29 is 11.9 Å². The molecule has 2 aromatic rings. The van der Waals surface area contributed by atoms with Gasteiger partial charge in [0, 0.05) is 19.8 Å². The summed E-state index contributed by atoms with van der Waals surface area (Å²) in [5, 5.41) is 8.35. The van der Waals surface area contributed by atoms with Crippen LogP contribution in [0, 0.1) is 0 Å². The van der Waals surface area contributed by atoms with Crippen molar-refractivity contribution in [3.8, 4) is 0 Å². The molecule has 0 spiro atoms. The van der Waals surface area contributed by atoms with Crippen molar-refractivity contribution in [1.29, 1.82) is 0 Å². The van der Waals surface area contributed by atoms with Crippen molar-refractivity contribution in [2.45, 2.75) is 0 Å². The zero-order valence-electron chi connectivity index (χ0n) is 11.8. The van der Waals surface area contributed by atoms with Gasteiger partial charge in [0.05, 0.1) is 11.4 Å². The molecule has 0 aliphatic carbocycles. The van der Waals surface area contributed by atoms with Gasteiger partial charge in [-0.2, -0.15) is 10.2 Å². The van der Waals surface area contributed by atoms with E-state index in [0.29, 0.717) is 0 Å². The minimum absolute atomic E-state index is 0.861. The number of hydrogen-bond donors (Lipinski definition) is 2. The van der Waals surface area contributed by atoms with Gasteiger partial charge in [0.1, 0.15) is 0 Å². The third-order valence-electron chi connectivity index (χ3n) is 2.40. The van der Waals surface area contributed by atoms with E-state index < -0.39 is 15.3 Å². The first-order valence-corrected chi connectivity index (χ1v) is 8.52. The second-order valence-electron chi connectivity index (χ2n) is 4.20. The fraction of sp³-hybridized carbons (Fsp3) is 0.143. The van der Waals surface area contributed by atoms with E-state index in [1.54, 1.807) is 0 Å². The van der Waals surface area contributed by atoms with Crippen molar-refractivity contribution in [1.82, 2.24) is 0 Å². The number of azo groups is 1. The van der Waals surface area contributed by atoms with E-state index in [4.69, 9.17) is 11.9 Å². The molecule has 1 radical (unpaired) electrons. The average molecular weight is 350 g/mol. The summed E-state index contributed by atoms with van der Waals surface area (Å²) in [6.45, 7) is 0. The summed E-state index contributed by atoms with van der Waals surface area (Å²) >= 11 is -3.44. The van der Waals surface area contributed by atoms with E-state index in [1.165, 1.54) is 0 Å². The minimum atomic E-state index is -3.44. The summed E-state index contributed by atoms with van der Waals surface area (Å²) in [7, 11) is 4.03. The Hall–Kier alpha value is -1.88. The monoisotopic (exact) mass is 350 g/mol. The van der Waals surface area contributed by atoms with Crippen LogP contribution in [0.5, 0.6) is 0 Å².